The molecule has 174 valence electrons. The van der Waals surface area contributed by atoms with Crippen LogP contribution in [0.2, 0.25) is 0 Å². The molecule has 0 aliphatic carbocycles. The quantitative estimate of drug-likeness (QED) is 0.206. The molecule has 34 heavy (non-hydrogen) atoms. The number of hydrogen-bond acceptors (Lipinski definition) is 5. The second-order valence-electron chi connectivity index (χ2n) is 11.1. The van der Waals surface area contributed by atoms with Crippen molar-refractivity contribution in [3.8, 4) is 19.5 Å². The van der Waals surface area contributed by atoms with Crippen LogP contribution in [0.3, 0.4) is 0 Å². The largest absolute Gasteiger partial charge is 0.140 e. The summed E-state index contributed by atoms with van der Waals surface area (Å²) in [7, 11) is 0. The average Bonchev–Trinajstić information content (AvgIpc) is 3.53. The lowest BCUT2D eigenvalue weighted by Gasteiger charge is -2.15. The molecule has 0 atom stereocenters. The van der Waals surface area contributed by atoms with E-state index >= 15 is 0 Å². The fourth-order valence-corrected chi connectivity index (χ4v) is 10.3. The first-order valence-electron chi connectivity index (χ1n) is 11.6. The minimum Gasteiger partial charge on any atom is -0.140 e. The highest BCUT2D eigenvalue weighted by atomic mass is 32.1. The summed E-state index contributed by atoms with van der Waals surface area (Å²) in [6.07, 6.45) is 0. The van der Waals surface area contributed by atoms with Crippen LogP contribution in [-0.4, -0.2) is 0 Å². The Labute approximate surface area is 221 Å². The maximum absolute atomic E-state index is 2.46. The number of fused-ring (bicyclic) bond motifs is 6. The fraction of sp³-hybridized carbons (Fsp3) is 0.310. The highest BCUT2D eigenvalue weighted by molar-refractivity contribution is 7.32. The highest BCUT2D eigenvalue weighted by Crippen LogP contribution is 2.50. The van der Waals surface area contributed by atoms with Gasteiger partial charge in [0.05, 0.1) is 9.40 Å². The van der Waals surface area contributed by atoms with E-state index in [1.54, 1.807) is 0 Å². The van der Waals surface area contributed by atoms with Crippen LogP contribution in [0.1, 0.15) is 56.2 Å². The second-order valence-corrected chi connectivity index (χ2v) is 16.7. The van der Waals surface area contributed by atoms with Gasteiger partial charge in [0, 0.05) is 55.0 Å². The number of aryl methyl sites for hydroxylation is 1. The molecule has 0 radical (unpaired) electrons. The molecule has 5 heterocycles. The van der Waals surface area contributed by atoms with Crippen molar-refractivity contribution in [3.05, 3.63) is 57.1 Å². The minimum atomic E-state index is 0.171. The molecule has 1 aromatic carbocycles. The van der Waals surface area contributed by atoms with E-state index in [0.717, 1.165) is 0 Å². The van der Waals surface area contributed by atoms with E-state index in [9.17, 15) is 0 Å². The van der Waals surface area contributed by atoms with Gasteiger partial charge in [-0.2, -0.15) is 0 Å². The van der Waals surface area contributed by atoms with Gasteiger partial charge in [0.15, 0.2) is 0 Å². The van der Waals surface area contributed by atoms with E-state index in [4.69, 9.17) is 0 Å². The lowest BCUT2D eigenvalue weighted by molar-refractivity contribution is 0.604. The number of thiophene rings is 5. The van der Waals surface area contributed by atoms with Crippen molar-refractivity contribution in [2.24, 2.45) is 0 Å². The molecule has 5 heteroatoms. The molecule has 0 fully saturated rings. The zero-order chi connectivity index (χ0) is 24.0. The van der Waals surface area contributed by atoms with Gasteiger partial charge in [-0.25, -0.2) is 0 Å². The third-order valence-electron chi connectivity index (χ3n) is 6.24. The maximum Gasteiger partial charge on any atom is 0.0539 e. The second kappa shape index (κ2) is 7.75. The summed E-state index contributed by atoms with van der Waals surface area (Å²) in [6.45, 7) is 16.1. The Hall–Kier alpha value is -1.50. The molecule has 0 nitrogen and oxygen atoms in total. The van der Waals surface area contributed by atoms with Gasteiger partial charge < -0.3 is 0 Å². The van der Waals surface area contributed by atoms with Crippen molar-refractivity contribution in [1.29, 1.82) is 0 Å². The van der Waals surface area contributed by atoms with Crippen molar-refractivity contribution in [2.45, 2.75) is 59.3 Å². The van der Waals surface area contributed by atoms with Gasteiger partial charge in [-0.1, -0.05) is 41.5 Å². The van der Waals surface area contributed by atoms with Crippen LogP contribution >= 0.6 is 56.7 Å². The van der Waals surface area contributed by atoms with Crippen LogP contribution in [-0.2, 0) is 10.8 Å². The Balaban J connectivity index is 1.52. The van der Waals surface area contributed by atoms with Crippen LogP contribution in [0.25, 0.3) is 49.8 Å². The van der Waals surface area contributed by atoms with Crippen molar-refractivity contribution in [2.75, 3.05) is 0 Å². The smallest absolute Gasteiger partial charge is 0.0539 e. The lowest BCUT2D eigenvalue weighted by Crippen LogP contribution is -2.07. The van der Waals surface area contributed by atoms with E-state index in [1.165, 1.54) is 64.4 Å². The van der Waals surface area contributed by atoms with Gasteiger partial charge in [-0.05, 0) is 60.2 Å². The topological polar surface area (TPSA) is 0 Å². The summed E-state index contributed by atoms with van der Waals surface area (Å²) >= 11 is 9.78. The first-order chi connectivity index (χ1) is 16.0. The zero-order valence-corrected chi connectivity index (χ0v) is 24.7. The minimum absolute atomic E-state index is 0.171. The summed E-state index contributed by atoms with van der Waals surface area (Å²) in [5.41, 5.74) is 0.376. The van der Waals surface area contributed by atoms with Crippen LogP contribution in [0.5, 0.6) is 0 Å². The maximum atomic E-state index is 2.46. The summed E-state index contributed by atoms with van der Waals surface area (Å²) in [5, 5.41) is 4.30. The van der Waals surface area contributed by atoms with Crippen LogP contribution in [0, 0.1) is 6.92 Å². The Morgan fingerprint density at radius 2 is 1.06 bits per heavy atom. The van der Waals surface area contributed by atoms with E-state index in [2.05, 4.69) is 90.9 Å². The molecular formula is C29H28S5. The molecule has 0 amide bonds. The average molecular weight is 537 g/mol. The van der Waals surface area contributed by atoms with Gasteiger partial charge in [-0.3, -0.25) is 0 Å². The molecule has 0 aliphatic heterocycles. The van der Waals surface area contributed by atoms with Crippen molar-refractivity contribution >= 4 is 86.9 Å². The van der Waals surface area contributed by atoms with E-state index in [-0.39, 0.29) is 10.8 Å². The molecule has 0 unspecified atom stereocenters. The Kier molecular flexibility index (Phi) is 5.23. The predicted octanol–water partition coefficient (Wildman–Crippen LogP) is 11.7. The fourth-order valence-electron chi connectivity index (χ4n) is 4.37. The van der Waals surface area contributed by atoms with Crippen LogP contribution in [0.15, 0.2) is 42.5 Å². The van der Waals surface area contributed by atoms with Gasteiger partial charge in [0.2, 0.25) is 0 Å². The monoisotopic (exact) mass is 536 g/mol. The lowest BCUT2D eigenvalue weighted by atomic mass is 9.94. The first-order valence-corrected chi connectivity index (χ1v) is 15.7. The van der Waals surface area contributed by atoms with Gasteiger partial charge in [0.25, 0.3) is 0 Å². The number of rotatable bonds is 2. The predicted molar refractivity (Wildman–Crippen MR) is 161 cm³/mol. The third kappa shape index (κ3) is 3.72. The molecule has 0 saturated carbocycles. The van der Waals surface area contributed by atoms with Crippen LogP contribution in [0.4, 0.5) is 0 Å². The summed E-state index contributed by atoms with van der Waals surface area (Å²) in [5.74, 6) is 0. The number of hydrogen-bond donors (Lipinski definition) is 0. The summed E-state index contributed by atoms with van der Waals surface area (Å²) in [6, 6.07) is 16.5. The Morgan fingerprint density at radius 1 is 0.471 bits per heavy atom. The molecule has 6 rings (SSSR count). The highest BCUT2D eigenvalue weighted by Gasteiger charge is 2.23. The molecule has 0 N–H and O–H groups in total. The van der Waals surface area contributed by atoms with Gasteiger partial charge in [-0.15, -0.1) is 56.7 Å². The molecule has 0 saturated heterocycles. The van der Waals surface area contributed by atoms with Gasteiger partial charge in [0.1, 0.15) is 0 Å². The standard InChI is InChI=1S/C29H28S5/c1-15-12-16-17-13-22(21-9-8-19(31-21)20-10-11-23(32-20)28(2,3)4)33-26(17)27-18(25(16)30-15)14-24(34-27)29(5,6)7/h8-14H,1-7H3. The summed E-state index contributed by atoms with van der Waals surface area (Å²) in [4.78, 5) is 9.84. The van der Waals surface area contributed by atoms with Crippen molar-refractivity contribution in [3.63, 3.8) is 0 Å². The van der Waals surface area contributed by atoms with E-state index < -0.39 is 0 Å². The molecule has 0 bridgehead atoms. The molecule has 0 spiro atoms. The Morgan fingerprint density at radius 3 is 1.74 bits per heavy atom. The molecular weight excluding hydrogens is 509 g/mol. The van der Waals surface area contributed by atoms with Crippen molar-refractivity contribution in [1.82, 2.24) is 0 Å². The summed E-state index contributed by atoms with van der Waals surface area (Å²) < 4.78 is 4.38. The van der Waals surface area contributed by atoms with Crippen LogP contribution < -0.4 is 0 Å². The van der Waals surface area contributed by atoms with Gasteiger partial charge >= 0.3 is 0 Å². The van der Waals surface area contributed by atoms with E-state index in [1.807, 2.05) is 56.7 Å². The van der Waals surface area contributed by atoms with Crippen molar-refractivity contribution < 1.29 is 0 Å². The Bertz CT molecular complexity index is 1680. The zero-order valence-electron chi connectivity index (χ0n) is 20.6. The first kappa shape index (κ1) is 22.9. The normalized spacial score (nSPS) is 13.1. The van der Waals surface area contributed by atoms with E-state index in [0.29, 0.717) is 0 Å². The molecule has 5 aromatic heterocycles. The number of benzene rings is 1. The third-order valence-corrected chi connectivity index (χ3v) is 13.2. The SMILES string of the molecule is Cc1cc2c3cc(-c4ccc(-c5ccc(C(C)(C)C)s5)s4)sc3c3sc(C(C)(C)C)cc3c2s1. The molecule has 0 aliphatic rings. The molecule has 6 aromatic rings.